The molecule has 1 N–H and O–H groups in total. The van der Waals surface area contributed by atoms with Crippen molar-refractivity contribution in [2.45, 2.75) is 34.2 Å². The minimum Gasteiger partial charge on any atom is -0.325 e. The van der Waals surface area contributed by atoms with E-state index in [0.717, 1.165) is 27.9 Å². The number of anilines is 1. The molecule has 2 aromatic heterocycles. The van der Waals surface area contributed by atoms with Gasteiger partial charge in [0.05, 0.1) is 0 Å². The van der Waals surface area contributed by atoms with Crippen LogP contribution in [0.15, 0.2) is 53.3 Å². The van der Waals surface area contributed by atoms with E-state index in [4.69, 9.17) is 0 Å². The third-order valence-electron chi connectivity index (χ3n) is 5.28. The maximum Gasteiger partial charge on any atom is 0.275 e. The number of rotatable bonds is 4. The van der Waals surface area contributed by atoms with Crippen molar-refractivity contribution in [3.8, 4) is 11.4 Å². The molecule has 0 fully saturated rings. The molecule has 0 bridgehead atoms. The van der Waals surface area contributed by atoms with Crippen LogP contribution in [0.1, 0.15) is 22.4 Å². The number of nitrogens with zero attached hydrogens (tertiary/aromatic N) is 4. The fourth-order valence-corrected chi connectivity index (χ4v) is 3.40. The van der Waals surface area contributed by atoms with E-state index in [2.05, 4.69) is 15.4 Å². The molecular formula is C23H23N5O2. The maximum atomic E-state index is 12.7. The van der Waals surface area contributed by atoms with E-state index in [0.29, 0.717) is 17.3 Å². The Morgan fingerprint density at radius 1 is 0.967 bits per heavy atom. The summed E-state index contributed by atoms with van der Waals surface area (Å²) in [6, 6.07) is 15.0. The van der Waals surface area contributed by atoms with Gasteiger partial charge in [-0.3, -0.25) is 9.59 Å². The monoisotopic (exact) mass is 401 g/mol. The van der Waals surface area contributed by atoms with Gasteiger partial charge in [-0.05, 0) is 56.5 Å². The summed E-state index contributed by atoms with van der Waals surface area (Å²) in [6.45, 7) is 7.80. The second-order valence-corrected chi connectivity index (χ2v) is 7.52. The van der Waals surface area contributed by atoms with Crippen LogP contribution in [0.4, 0.5) is 5.69 Å². The average Bonchev–Trinajstić information content (AvgIpc) is 3.14. The first kappa shape index (κ1) is 19.6. The molecule has 0 radical (unpaired) electrons. The highest BCUT2D eigenvalue weighted by Crippen LogP contribution is 2.20. The van der Waals surface area contributed by atoms with Crippen LogP contribution in [0.5, 0.6) is 0 Å². The molecule has 4 aromatic rings. The molecule has 0 saturated carbocycles. The smallest absolute Gasteiger partial charge is 0.275 e. The molecule has 30 heavy (non-hydrogen) atoms. The fraction of sp³-hybridized carbons (Fsp3) is 0.217. The van der Waals surface area contributed by atoms with Crippen molar-refractivity contribution < 1.29 is 4.79 Å². The Morgan fingerprint density at radius 3 is 2.47 bits per heavy atom. The maximum absolute atomic E-state index is 12.7. The van der Waals surface area contributed by atoms with Crippen LogP contribution in [-0.2, 0) is 11.3 Å². The lowest BCUT2D eigenvalue weighted by molar-refractivity contribution is -0.116. The molecule has 2 heterocycles. The average molecular weight is 401 g/mol. The molecule has 152 valence electrons. The highest BCUT2D eigenvalue weighted by atomic mass is 16.2. The standard InChI is InChI=1S/C23H23N5O2/c1-14-9-10-18(11-16(14)3)24-20(29)13-27-17(4)12-21(30)28-23(27)25-22(26-28)19-8-6-5-7-15(19)2/h5-12H,13H2,1-4H3,(H,24,29). The van der Waals surface area contributed by atoms with Gasteiger partial charge in [0, 0.05) is 23.0 Å². The molecule has 0 unspecified atom stereocenters. The zero-order valence-corrected chi connectivity index (χ0v) is 17.4. The highest BCUT2D eigenvalue weighted by Gasteiger charge is 2.16. The number of amides is 1. The van der Waals surface area contributed by atoms with Gasteiger partial charge in [-0.2, -0.15) is 9.50 Å². The van der Waals surface area contributed by atoms with Gasteiger partial charge in [-0.25, -0.2) is 0 Å². The van der Waals surface area contributed by atoms with E-state index in [1.165, 1.54) is 10.6 Å². The zero-order chi connectivity index (χ0) is 21.4. The summed E-state index contributed by atoms with van der Waals surface area (Å²) in [6.07, 6.45) is 0. The lowest BCUT2D eigenvalue weighted by Crippen LogP contribution is -2.25. The van der Waals surface area contributed by atoms with Crippen LogP contribution >= 0.6 is 0 Å². The van der Waals surface area contributed by atoms with Gasteiger partial charge in [-0.1, -0.05) is 30.3 Å². The molecule has 0 aliphatic rings. The second kappa shape index (κ2) is 7.59. The van der Waals surface area contributed by atoms with Crippen LogP contribution in [-0.4, -0.2) is 25.1 Å². The van der Waals surface area contributed by atoms with Crippen molar-refractivity contribution in [3.63, 3.8) is 0 Å². The summed E-state index contributed by atoms with van der Waals surface area (Å²) in [5.41, 5.74) is 5.24. The van der Waals surface area contributed by atoms with E-state index < -0.39 is 0 Å². The van der Waals surface area contributed by atoms with Crippen molar-refractivity contribution in [1.82, 2.24) is 19.2 Å². The molecule has 7 nitrogen and oxygen atoms in total. The zero-order valence-electron chi connectivity index (χ0n) is 17.4. The molecule has 0 aliphatic carbocycles. The molecule has 1 amide bonds. The summed E-state index contributed by atoms with van der Waals surface area (Å²) in [5.74, 6) is 0.597. The molecule has 0 aliphatic heterocycles. The van der Waals surface area contributed by atoms with Crippen molar-refractivity contribution in [2.75, 3.05) is 5.32 Å². The van der Waals surface area contributed by atoms with Crippen LogP contribution in [0, 0.1) is 27.7 Å². The molecule has 2 aromatic carbocycles. The number of carbonyl (C=O) groups excluding carboxylic acids is 1. The molecule has 7 heteroatoms. The Hall–Kier alpha value is -3.74. The lowest BCUT2D eigenvalue weighted by atomic mass is 10.1. The van der Waals surface area contributed by atoms with Gasteiger partial charge in [0.25, 0.3) is 5.56 Å². The molecule has 4 rings (SSSR count). The van der Waals surface area contributed by atoms with Crippen LogP contribution < -0.4 is 10.9 Å². The Kier molecular flexibility index (Phi) is 4.95. The number of carbonyl (C=O) groups is 1. The van der Waals surface area contributed by atoms with Crippen LogP contribution in [0.3, 0.4) is 0 Å². The molecule has 0 spiro atoms. The quantitative estimate of drug-likeness (QED) is 0.568. The summed E-state index contributed by atoms with van der Waals surface area (Å²) in [7, 11) is 0. The first-order valence-corrected chi connectivity index (χ1v) is 9.74. The minimum atomic E-state index is -0.277. The normalized spacial score (nSPS) is 11.1. The Labute approximate surface area is 174 Å². The Morgan fingerprint density at radius 2 is 1.73 bits per heavy atom. The van der Waals surface area contributed by atoms with Gasteiger partial charge in [0.2, 0.25) is 11.7 Å². The largest absolute Gasteiger partial charge is 0.325 e. The van der Waals surface area contributed by atoms with Gasteiger partial charge in [0.1, 0.15) is 6.54 Å². The number of nitrogens with one attached hydrogen (secondary N) is 1. The van der Waals surface area contributed by atoms with Gasteiger partial charge in [-0.15, -0.1) is 5.10 Å². The lowest BCUT2D eigenvalue weighted by Gasteiger charge is -2.12. The number of hydrogen-bond donors (Lipinski definition) is 1. The Balaban J connectivity index is 1.71. The molecular weight excluding hydrogens is 378 g/mol. The van der Waals surface area contributed by atoms with E-state index in [1.54, 1.807) is 11.5 Å². The fourth-order valence-electron chi connectivity index (χ4n) is 3.40. The predicted octanol–water partition coefficient (Wildman–Crippen LogP) is 3.43. The highest BCUT2D eigenvalue weighted by molar-refractivity contribution is 5.91. The SMILES string of the molecule is Cc1ccc(NC(=O)Cn2c(C)cc(=O)n3nc(-c4ccccc4C)nc23)cc1C. The number of hydrogen-bond acceptors (Lipinski definition) is 4. The number of benzene rings is 2. The van der Waals surface area contributed by atoms with E-state index in [9.17, 15) is 9.59 Å². The number of aryl methyl sites for hydroxylation is 4. The van der Waals surface area contributed by atoms with Crippen molar-refractivity contribution in [2.24, 2.45) is 0 Å². The van der Waals surface area contributed by atoms with E-state index >= 15 is 0 Å². The molecule has 0 saturated heterocycles. The number of aromatic nitrogens is 4. The Bertz CT molecular complexity index is 1330. The topological polar surface area (TPSA) is 81.3 Å². The minimum absolute atomic E-state index is 0.0223. The predicted molar refractivity (Wildman–Crippen MR) is 117 cm³/mol. The summed E-state index contributed by atoms with van der Waals surface area (Å²) >= 11 is 0. The molecule has 0 atom stereocenters. The van der Waals surface area contributed by atoms with Crippen LogP contribution in [0.25, 0.3) is 17.2 Å². The van der Waals surface area contributed by atoms with Gasteiger partial charge in [0.15, 0.2) is 5.82 Å². The second-order valence-electron chi connectivity index (χ2n) is 7.52. The first-order valence-electron chi connectivity index (χ1n) is 9.74. The van der Waals surface area contributed by atoms with Gasteiger partial charge < -0.3 is 9.88 Å². The van der Waals surface area contributed by atoms with Crippen molar-refractivity contribution in [1.29, 1.82) is 0 Å². The summed E-state index contributed by atoms with van der Waals surface area (Å²) in [5, 5.41) is 7.32. The van der Waals surface area contributed by atoms with E-state index in [1.807, 2.05) is 63.2 Å². The third-order valence-corrected chi connectivity index (χ3v) is 5.28. The van der Waals surface area contributed by atoms with Crippen molar-refractivity contribution >= 4 is 17.4 Å². The first-order chi connectivity index (χ1) is 14.3. The number of fused-ring (bicyclic) bond motifs is 1. The van der Waals surface area contributed by atoms with Crippen LogP contribution in [0.2, 0.25) is 0 Å². The van der Waals surface area contributed by atoms with Gasteiger partial charge >= 0.3 is 0 Å². The summed E-state index contributed by atoms with van der Waals surface area (Å²) in [4.78, 5) is 29.8. The van der Waals surface area contributed by atoms with Crippen molar-refractivity contribution in [3.05, 3.63) is 81.3 Å². The summed E-state index contributed by atoms with van der Waals surface area (Å²) < 4.78 is 2.95. The third kappa shape index (κ3) is 3.61. The van der Waals surface area contributed by atoms with E-state index in [-0.39, 0.29) is 18.0 Å².